The van der Waals surface area contributed by atoms with Gasteiger partial charge in [0, 0.05) is 21.9 Å². The molecule has 0 N–H and O–H groups in total. The van der Waals surface area contributed by atoms with E-state index in [1.165, 1.54) is 0 Å². The molecule has 6 aromatic carbocycles. The number of aromatic nitrogens is 4. The molecule has 6 heteroatoms. The second-order valence-corrected chi connectivity index (χ2v) is 12.1. The van der Waals surface area contributed by atoms with Crippen LogP contribution in [-0.2, 0) is 0 Å². The highest BCUT2D eigenvalue weighted by atomic mass is 16.4. The summed E-state index contributed by atoms with van der Waals surface area (Å²) >= 11 is 0. The van der Waals surface area contributed by atoms with Gasteiger partial charge in [-0.2, -0.15) is 9.97 Å². The Morgan fingerprint density at radius 2 is 0.878 bits per heavy atom. The summed E-state index contributed by atoms with van der Waals surface area (Å²) < 4.78 is 15.5. The monoisotopic (exact) mass is 630 g/mol. The number of hydrogen-bond acceptors (Lipinski definition) is 5. The van der Waals surface area contributed by atoms with E-state index < -0.39 is 0 Å². The highest BCUT2D eigenvalue weighted by Crippen LogP contribution is 2.44. The number of hydrogen-bond donors (Lipinski definition) is 0. The molecule has 0 atom stereocenters. The van der Waals surface area contributed by atoms with E-state index in [0.717, 1.165) is 71.8 Å². The fourth-order valence-corrected chi connectivity index (χ4v) is 6.75. The van der Waals surface area contributed by atoms with Gasteiger partial charge >= 0.3 is 0 Å². The van der Waals surface area contributed by atoms with E-state index in [1.54, 1.807) is 0 Å². The molecule has 6 nitrogen and oxygen atoms in total. The van der Waals surface area contributed by atoms with E-state index in [-0.39, 0.29) is 0 Å². The van der Waals surface area contributed by atoms with Crippen LogP contribution in [0.1, 0.15) is 0 Å². The lowest BCUT2D eigenvalue weighted by molar-refractivity contribution is 0.641. The topological polar surface area (TPSA) is 69.9 Å². The van der Waals surface area contributed by atoms with Gasteiger partial charge in [0.05, 0.1) is 5.39 Å². The molecule has 0 radical (unpaired) electrons. The van der Waals surface area contributed by atoms with Crippen molar-refractivity contribution >= 4 is 44.1 Å². The molecule has 0 amide bonds. The van der Waals surface area contributed by atoms with Crippen LogP contribution < -0.4 is 0 Å². The third-order valence-electron chi connectivity index (χ3n) is 9.09. The Balaban J connectivity index is 1.32. The number of furan rings is 2. The first-order chi connectivity index (χ1) is 24.3. The molecule has 0 unspecified atom stereocenters. The van der Waals surface area contributed by atoms with Gasteiger partial charge in [0.2, 0.25) is 11.7 Å². The fraction of sp³-hybridized carbons (Fsp3) is 0. The highest BCUT2D eigenvalue weighted by Gasteiger charge is 2.27. The molecular weight excluding hydrogens is 604 g/mol. The van der Waals surface area contributed by atoms with Crippen LogP contribution in [0.4, 0.5) is 0 Å². The van der Waals surface area contributed by atoms with Crippen LogP contribution in [-0.4, -0.2) is 19.5 Å². The molecular formula is C43H26N4O2. The summed E-state index contributed by atoms with van der Waals surface area (Å²) in [5.74, 6) is 1.59. The highest BCUT2D eigenvalue weighted by molar-refractivity contribution is 6.23. The van der Waals surface area contributed by atoms with Gasteiger partial charge in [-0.15, -0.1) is 0 Å². The standard InChI is InChI=1S/C43H26N4O2/c1-5-13-27(14-6-1)31-21-23-35-33(25-31)37-39-38(34-26-32(22-24-36(34)48-39)28-15-7-2-8-16-28)47(42(37)49-35)43-45-40(29-17-9-3-10-18-29)44-41(46-43)30-19-11-4-12-20-30/h1-26H. The summed E-state index contributed by atoms with van der Waals surface area (Å²) in [6, 6.07) is 53.4. The summed E-state index contributed by atoms with van der Waals surface area (Å²) in [5.41, 5.74) is 9.93. The molecule has 0 aliphatic carbocycles. The summed E-state index contributed by atoms with van der Waals surface area (Å²) in [6.07, 6.45) is 0. The third-order valence-corrected chi connectivity index (χ3v) is 9.09. The molecule has 0 bridgehead atoms. The van der Waals surface area contributed by atoms with Crippen LogP contribution in [0, 0.1) is 0 Å². The van der Waals surface area contributed by atoms with Crippen LogP contribution in [0.15, 0.2) is 167 Å². The lowest BCUT2D eigenvalue weighted by atomic mass is 10.0. The first-order valence-corrected chi connectivity index (χ1v) is 16.2. The van der Waals surface area contributed by atoms with Crippen LogP contribution in [0.3, 0.4) is 0 Å². The van der Waals surface area contributed by atoms with Crippen LogP contribution in [0.25, 0.3) is 95.1 Å². The Morgan fingerprint density at radius 1 is 0.408 bits per heavy atom. The molecule has 0 saturated carbocycles. The van der Waals surface area contributed by atoms with Crippen LogP contribution >= 0.6 is 0 Å². The molecule has 49 heavy (non-hydrogen) atoms. The zero-order valence-corrected chi connectivity index (χ0v) is 26.1. The van der Waals surface area contributed by atoms with Gasteiger partial charge in [-0.1, -0.05) is 133 Å². The van der Waals surface area contributed by atoms with Crippen molar-refractivity contribution in [3.63, 3.8) is 0 Å². The van der Waals surface area contributed by atoms with Crippen LogP contribution in [0.5, 0.6) is 0 Å². The van der Waals surface area contributed by atoms with Gasteiger partial charge in [0.25, 0.3) is 0 Å². The van der Waals surface area contributed by atoms with Gasteiger partial charge in [0.1, 0.15) is 16.7 Å². The first kappa shape index (κ1) is 27.3. The Morgan fingerprint density at radius 3 is 1.41 bits per heavy atom. The largest absolute Gasteiger partial charge is 0.454 e. The van der Waals surface area contributed by atoms with E-state index in [2.05, 4.69) is 72.8 Å². The number of rotatable bonds is 5. The van der Waals surface area contributed by atoms with E-state index in [0.29, 0.717) is 23.3 Å². The molecule has 4 heterocycles. The summed E-state index contributed by atoms with van der Waals surface area (Å²) in [7, 11) is 0. The van der Waals surface area contributed by atoms with Crippen molar-refractivity contribution in [2.75, 3.05) is 0 Å². The second kappa shape index (κ2) is 10.9. The zero-order valence-electron chi connectivity index (χ0n) is 26.1. The lowest BCUT2D eigenvalue weighted by Gasteiger charge is -2.09. The van der Waals surface area contributed by atoms with Crippen molar-refractivity contribution in [2.24, 2.45) is 0 Å². The van der Waals surface area contributed by atoms with Gasteiger partial charge in [-0.3, -0.25) is 0 Å². The molecule has 10 rings (SSSR count). The van der Waals surface area contributed by atoms with Crippen LogP contribution in [0.2, 0.25) is 0 Å². The smallest absolute Gasteiger partial charge is 0.241 e. The van der Waals surface area contributed by atoms with Crippen molar-refractivity contribution in [3.8, 4) is 51.0 Å². The maximum absolute atomic E-state index is 6.75. The molecule has 0 saturated heterocycles. The molecule has 230 valence electrons. The maximum atomic E-state index is 6.75. The minimum Gasteiger partial charge on any atom is -0.454 e. The molecule has 0 fully saturated rings. The first-order valence-electron chi connectivity index (χ1n) is 16.2. The summed E-state index contributed by atoms with van der Waals surface area (Å²) in [4.78, 5) is 15.2. The minimum absolute atomic E-state index is 0.447. The Labute approximate surface area is 280 Å². The normalized spacial score (nSPS) is 11.7. The second-order valence-electron chi connectivity index (χ2n) is 12.1. The third kappa shape index (κ3) is 4.46. The quantitative estimate of drug-likeness (QED) is 0.189. The van der Waals surface area contributed by atoms with Gasteiger partial charge in [-0.25, -0.2) is 9.55 Å². The van der Waals surface area contributed by atoms with Crippen molar-refractivity contribution in [1.82, 2.24) is 19.5 Å². The SMILES string of the molecule is c1ccc(-c2ccc3oc4c(c3c2)c2oc3ccc(-c5ccccc5)cc3c2n4-c2nc(-c3ccccc3)nc(-c3ccccc3)n2)cc1. The molecule has 0 aliphatic heterocycles. The Bertz CT molecular complexity index is 2740. The number of nitrogens with zero attached hydrogens (tertiary/aromatic N) is 4. The predicted octanol–water partition coefficient (Wildman–Crippen LogP) is 11.1. The maximum Gasteiger partial charge on any atom is 0.241 e. The van der Waals surface area contributed by atoms with Gasteiger partial charge in [-0.05, 0) is 46.5 Å². The Kier molecular flexibility index (Phi) is 6.08. The van der Waals surface area contributed by atoms with E-state index in [9.17, 15) is 0 Å². The van der Waals surface area contributed by atoms with Crippen molar-refractivity contribution in [1.29, 1.82) is 0 Å². The van der Waals surface area contributed by atoms with Crippen molar-refractivity contribution in [3.05, 3.63) is 158 Å². The van der Waals surface area contributed by atoms with E-state index >= 15 is 0 Å². The predicted molar refractivity (Wildman–Crippen MR) is 195 cm³/mol. The average Bonchev–Trinajstić information content (AvgIpc) is 3.83. The fourth-order valence-electron chi connectivity index (χ4n) is 6.75. The summed E-state index contributed by atoms with van der Waals surface area (Å²) in [6.45, 7) is 0. The number of benzene rings is 6. The lowest BCUT2D eigenvalue weighted by Crippen LogP contribution is -2.06. The van der Waals surface area contributed by atoms with Crippen molar-refractivity contribution in [2.45, 2.75) is 0 Å². The van der Waals surface area contributed by atoms with E-state index in [4.69, 9.17) is 23.8 Å². The molecule has 4 aromatic heterocycles. The molecule has 0 spiro atoms. The minimum atomic E-state index is 0.447. The molecule has 0 aliphatic rings. The summed E-state index contributed by atoms with van der Waals surface area (Å²) in [5, 5.41) is 2.78. The Hall–Kier alpha value is -6.79. The van der Waals surface area contributed by atoms with Gasteiger partial charge < -0.3 is 8.83 Å². The van der Waals surface area contributed by atoms with E-state index in [1.807, 2.05) is 89.5 Å². The zero-order chi connectivity index (χ0) is 32.3. The number of fused-ring (bicyclic) bond motifs is 7. The van der Waals surface area contributed by atoms with Gasteiger partial charge in [0.15, 0.2) is 17.2 Å². The average molecular weight is 631 g/mol. The van der Waals surface area contributed by atoms with Crippen molar-refractivity contribution < 1.29 is 8.83 Å². The molecule has 10 aromatic rings.